The van der Waals surface area contributed by atoms with E-state index in [0.717, 1.165) is 12.8 Å². The van der Waals surface area contributed by atoms with Crippen LogP contribution in [0.1, 0.15) is 33.1 Å². The molecule has 0 saturated heterocycles. The highest BCUT2D eigenvalue weighted by molar-refractivity contribution is 5.73. The fourth-order valence-electron chi connectivity index (χ4n) is 1.80. The molecule has 0 aromatic carbocycles. The number of carboxylic acid groups (broad SMARTS) is 1. The summed E-state index contributed by atoms with van der Waals surface area (Å²) < 4.78 is 0. The lowest BCUT2D eigenvalue weighted by molar-refractivity contribution is -0.140. The summed E-state index contributed by atoms with van der Waals surface area (Å²) in [4.78, 5) is 12.9. The number of aliphatic hydroxyl groups is 1. The average molecular weight is 246 g/mol. The molecule has 0 saturated carbocycles. The van der Waals surface area contributed by atoms with Crippen LogP contribution in [0.25, 0.3) is 0 Å². The third-order valence-electron chi connectivity index (χ3n) is 2.53. The Morgan fingerprint density at radius 2 is 2.06 bits per heavy atom. The third kappa shape index (κ3) is 8.12. The van der Waals surface area contributed by atoms with Gasteiger partial charge in [-0.15, -0.1) is 0 Å². The summed E-state index contributed by atoms with van der Waals surface area (Å²) in [5, 5.41) is 22.0. The molecule has 0 bridgehead atoms. The van der Waals surface area contributed by atoms with Crippen molar-refractivity contribution in [3.63, 3.8) is 0 Å². The Labute approximate surface area is 104 Å². The molecule has 102 valence electrons. The van der Waals surface area contributed by atoms with Crippen molar-refractivity contribution in [3.05, 3.63) is 0 Å². The average Bonchev–Trinajstić information content (AvgIpc) is 2.15. The van der Waals surface area contributed by atoms with Crippen LogP contribution in [0.4, 0.5) is 0 Å². The van der Waals surface area contributed by atoms with Crippen LogP contribution in [0, 0.1) is 0 Å². The number of carboxylic acids is 1. The van der Waals surface area contributed by atoms with Gasteiger partial charge in [0, 0.05) is 13.1 Å². The van der Waals surface area contributed by atoms with Gasteiger partial charge in [0.2, 0.25) is 0 Å². The van der Waals surface area contributed by atoms with Crippen molar-refractivity contribution >= 4 is 5.97 Å². The van der Waals surface area contributed by atoms with Crippen LogP contribution in [0.5, 0.6) is 0 Å². The first-order chi connectivity index (χ1) is 7.78. The SMILES string of the molecule is CCCCC(NCC(C)(O)CN(C)C)C(=O)O. The molecule has 0 spiro atoms. The topological polar surface area (TPSA) is 72.8 Å². The van der Waals surface area contributed by atoms with Gasteiger partial charge in [0.15, 0.2) is 0 Å². The molecule has 0 aromatic rings. The molecule has 0 aliphatic rings. The second-order valence-corrected chi connectivity index (χ2v) is 5.15. The van der Waals surface area contributed by atoms with Gasteiger partial charge in [0.05, 0.1) is 5.60 Å². The second-order valence-electron chi connectivity index (χ2n) is 5.15. The monoisotopic (exact) mass is 246 g/mol. The smallest absolute Gasteiger partial charge is 0.320 e. The van der Waals surface area contributed by atoms with E-state index in [9.17, 15) is 9.90 Å². The normalized spacial score (nSPS) is 16.8. The van der Waals surface area contributed by atoms with E-state index >= 15 is 0 Å². The summed E-state index contributed by atoms with van der Waals surface area (Å²) in [7, 11) is 3.75. The fourth-order valence-corrected chi connectivity index (χ4v) is 1.80. The summed E-state index contributed by atoms with van der Waals surface area (Å²) in [5.74, 6) is -0.848. The number of rotatable bonds is 9. The van der Waals surface area contributed by atoms with Crippen molar-refractivity contribution in [1.29, 1.82) is 0 Å². The van der Waals surface area contributed by atoms with Crippen LogP contribution in [-0.2, 0) is 4.79 Å². The summed E-state index contributed by atoms with van der Waals surface area (Å²) in [6, 6.07) is -0.566. The standard InChI is InChI=1S/C12H26N2O3/c1-5-6-7-10(11(15)16)13-8-12(2,17)9-14(3)4/h10,13,17H,5-9H2,1-4H3,(H,15,16). The molecular weight excluding hydrogens is 220 g/mol. The van der Waals surface area contributed by atoms with Crippen molar-refractivity contribution in [2.24, 2.45) is 0 Å². The van der Waals surface area contributed by atoms with E-state index in [1.807, 2.05) is 25.9 Å². The van der Waals surface area contributed by atoms with Crippen molar-refractivity contribution in [2.45, 2.75) is 44.8 Å². The molecule has 0 heterocycles. The Bertz CT molecular complexity index is 230. The highest BCUT2D eigenvalue weighted by atomic mass is 16.4. The predicted octanol–water partition coefficient (Wildman–Crippen LogP) is 0.532. The quantitative estimate of drug-likeness (QED) is 0.553. The highest BCUT2D eigenvalue weighted by Crippen LogP contribution is 2.06. The Kier molecular flexibility index (Phi) is 7.34. The minimum absolute atomic E-state index is 0.284. The Balaban J connectivity index is 4.14. The first-order valence-electron chi connectivity index (χ1n) is 6.12. The van der Waals surface area contributed by atoms with E-state index in [2.05, 4.69) is 5.32 Å². The van der Waals surface area contributed by atoms with Crippen molar-refractivity contribution in [2.75, 3.05) is 27.2 Å². The summed E-state index contributed by atoms with van der Waals surface area (Å²) in [5.41, 5.74) is -0.913. The molecule has 2 unspecified atom stereocenters. The van der Waals surface area contributed by atoms with Gasteiger partial charge in [-0.3, -0.25) is 4.79 Å². The Hall–Kier alpha value is -0.650. The van der Waals surface area contributed by atoms with Crippen LogP contribution in [-0.4, -0.2) is 59.9 Å². The molecule has 0 amide bonds. The zero-order chi connectivity index (χ0) is 13.5. The van der Waals surface area contributed by atoms with E-state index in [-0.39, 0.29) is 6.54 Å². The van der Waals surface area contributed by atoms with E-state index in [0.29, 0.717) is 13.0 Å². The molecule has 0 aliphatic heterocycles. The first kappa shape index (κ1) is 16.4. The van der Waals surface area contributed by atoms with Crippen molar-refractivity contribution in [1.82, 2.24) is 10.2 Å². The Morgan fingerprint density at radius 3 is 2.47 bits per heavy atom. The van der Waals surface area contributed by atoms with Gasteiger partial charge in [-0.1, -0.05) is 19.8 Å². The molecule has 0 fully saturated rings. The van der Waals surface area contributed by atoms with E-state index in [1.54, 1.807) is 6.92 Å². The molecule has 0 aliphatic carbocycles. The number of likely N-dealkylation sites (N-methyl/N-ethyl adjacent to an activating group) is 1. The van der Waals surface area contributed by atoms with Crippen LogP contribution < -0.4 is 5.32 Å². The zero-order valence-electron chi connectivity index (χ0n) is 11.4. The van der Waals surface area contributed by atoms with E-state index < -0.39 is 17.6 Å². The lowest BCUT2D eigenvalue weighted by Crippen LogP contribution is -2.50. The Morgan fingerprint density at radius 1 is 1.47 bits per heavy atom. The van der Waals surface area contributed by atoms with Gasteiger partial charge < -0.3 is 20.4 Å². The maximum atomic E-state index is 11.0. The number of aliphatic carboxylic acids is 1. The number of carbonyl (C=O) groups is 1. The predicted molar refractivity (Wildman–Crippen MR) is 68.1 cm³/mol. The molecule has 17 heavy (non-hydrogen) atoms. The van der Waals surface area contributed by atoms with E-state index in [1.165, 1.54) is 0 Å². The molecule has 0 radical (unpaired) electrons. The summed E-state index contributed by atoms with van der Waals surface area (Å²) >= 11 is 0. The van der Waals surface area contributed by atoms with Crippen molar-refractivity contribution < 1.29 is 15.0 Å². The van der Waals surface area contributed by atoms with Gasteiger partial charge in [-0.05, 0) is 27.4 Å². The van der Waals surface area contributed by atoms with Crippen LogP contribution in [0.15, 0.2) is 0 Å². The summed E-state index contributed by atoms with van der Waals surface area (Å²) in [6.45, 7) is 4.52. The molecule has 2 atom stereocenters. The number of nitrogens with zero attached hydrogens (tertiary/aromatic N) is 1. The van der Waals surface area contributed by atoms with Gasteiger partial charge in [0.1, 0.15) is 6.04 Å². The highest BCUT2D eigenvalue weighted by Gasteiger charge is 2.24. The zero-order valence-corrected chi connectivity index (χ0v) is 11.4. The minimum atomic E-state index is -0.913. The van der Waals surface area contributed by atoms with Crippen LogP contribution in [0.2, 0.25) is 0 Å². The van der Waals surface area contributed by atoms with Crippen molar-refractivity contribution in [3.8, 4) is 0 Å². The number of unbranched alkanes of at least 4 members (excludes halogenated alkanes) is 1. The lowest BCUT2D eigenvalue weighted by Gasteiger charge is -2.28. The van der Waals surface area contributed by atoms with Gasteiger partial charge in [-0.25, -0.2) is 0 Å². The molecular formula is C12H26N2O3. The van der Waals surface area contributed by atoms with Gasteiger partial charge in [0.25, 0.3) is 0 Å². The molecule has 5 nitrogen and oxygen atoms in total. The molecule has 5 heteroatoms. The molecule has 0 aromatic heterocycles. The van der Waals surface area contributed by atoms with Gasteiger partial charge >= 0.3 is 5.97 Å². The second kappa shape index (κ2) is 7.63. The number of hydrogen-bond donors (Lipinski definition) is 3. The third-order valence-corrected chi connectivity index (χ3v) is 2.53. The summed E-state index contributed by atoms with van der Waals surface area (Å²) in [6.07, 6.45) is 2.45. The first-order valence-corrected chi connectivity index (χ1v) is 6.12. The number of nitrogens with one attached hydrogen (secondary N) is 1. The van der Waals surface area contributed by atoms with E-state index in [4.69, 9.17) is 5.11 Å². The maximum Gasteiger partial charge on any atom is 0.320 e. The minimum Gasteiger partial charge on any atom is -0.480 e. The molecule has 0 rings (SSSR count). The van der Waals surface area contributed by atoms with Crippen LogP contribution in [0.3, 0.4) is 0 Å². The largest absolute Gasteiger partial charge is 0.480 e. The maximum absolute atomic E-state index is 11.0. The van der Waals surface area contributed by atoms with Gasteiger partial charge in [-0.2, -0.15) is 0 Å². The number of hydrogen-bond acceptors (Lipinski definition) is 4. The fraction of sp³-hybridized carbons (Fsp3) is 0.917. The lowest BCUT2D eigenvalue weighted by atomic mass is 10.0. The molecule has 3 N–H and O–H groups in total. The van der Waals surface area contributed by atoms with Crippen LogP contribution >= 0.6 is 0 Å².